The monoisotopic (exact) mass is 303 g/mol. The van der Waals surface area contributed by atoms with Gasteiger partial charge in [0.05, 0.1) is 11.3 Å². The minimum atomic E-state index is 0.109. The molecule has 0 fully saturated rings. The summed E-state index contributed by atoms with van der Waals surface area (Å²) in [6, 6.07) is 2.07. The summed E-state index contributed by atoms with van der Waals surface area (Å²) in [5.74, 6) is 0.464. The molecule has 0 radical (unpaired) electrons. The van der Waals surface area contributed by atoms with Gasteiger partial charge in [-0.1, -0.05) is 13.8 Å². The van der Waals surface area contributed by atoms with Crippen LogP contribution in [0.3, 0.4) is 0 Å². The van der Waals surface area contributed by atoms with Gasteiger partial charge in [-0.25, -0.2) is 4.98 Å². The lowest BCUT2D eigenvalue weighted by Crippen LogP contribution is -2.27. The zero-order chi connectivity index (χ0) is 15.0. The first-order valence-electron chi connectivity index (χ1n) is 7.49. The third-order valence-electron chi connectivity index (χ3n) is 3.89. The average Bonchev–Trinajstić information content (AvgIpc) is 3.09. The van der Waals surface area contributed by atoms with E-state index >= 15 is 0 Å². The van der Waals surface area contributed by atoms with E-state index in [-0.39, 0.29) is 5.56 Å². The van der Waals surface area contributed by atoms with Gasteiger partial charge in [0.25, 0.3) is 5.56 Å². The number of rotatable bonds is 4. The largest absolute Gasteiger partial charge is 0.365 e. The Labute approximate surface area is 128 Å². The van der Waals surface area contributed by atoms with E-state index < -0.39 is 0 Å². The van der Waals surface area contributed by atoms with E-state index in [9.17, 15) is 4.79 Å². The van der Waals surface area contributed by atoms with Gasteiger partial charge in [0.15, 0.2) is 5.13 Å². The smallest absolute Gasteiger partial charge is 0.260 e. The fraction of sp³-hybridized carbons (Fsp3) is 0.500. The molecule has 21 heavy (non-hydrogen) atoms. The van der Waals surface area contributed by atoms with E-state index in [2.05, 4.69) is 30.2 Å². The molecule has 2 aromatic rings. The second-order valence-electron chi connectivity index (χ2n) is 5.98. The van der Waals surface area contributed by atoms with Crippen LogP contribution in [-0.2, 0) is 19.4 Å². The van der Waals surface area contributed by atoms with Crippen LogP contribution in [0.25, 0.3) is 11.3 Å². The topological polar surface area (TPSA) is 46.9 Å². The van der Waals surface area contributed by atoms with Gasteiger partial charge in [-0.2, -0.15) is 0 Å². The Bertz CT molecular complexity index is 715. The SMILES string of the molecule is CNc1nc(-c2cc3c(n(CC(C)C)c2=O)CCC3)cs1. The lowest BCUT2D eigenvalue weighted by atomic mass is 10.1. The first kappa shape index (κ1) is 14.3. The van der Waals surface area contributed by atoms with Crippen LogP contribution in [-0.4, -0.2) is 16.6 Å². The van der Waals surface area contributed by atoms with Crippen molar-refractivity contribution >= 4 is 16.5 Å². The van der Waals surface area contributed by atoms with E-state index in [1.807, 2.05) is 17.0 Å². The molecular formula is C16H21N3OS. The van der Waals surface area contributed by atoms with Crippen LogP contribution >= 0.6 is 11.3 Å². The maximum atomic E-state index is 12.9. The molecule has 0 aliphatic heterocycles. The highest BCUT2D eigenvalue weighted by molar-refractivity contribution is 7.14. The Kier molecular flexibility index (Phi) is 3.85. The number of nitrogens with one attached hydrogen (secondary N) is 1. The van der Waals surface area contributed by atoms with Crippen LogP contribution in [0, 0.1) is 5.92 Å². The molecule has 0 saturated heterocycles. The summed E-state index contributed by atoms with van der Waals surface area (Å²) in [6.07, 6.45) is 3.25. The van der Waals surface area contributed by atoms with E-state index in [4.69, 9.17) is 0 Å². The van der Waals surface area contributed by atoms with Gasteiger partial charge in [-0.15, -0.1) is 11.3 Å². The minimum Gasteiger partial charge on any atom is -0.365 e. The van der Waals surface area contributed by atoms with Crippen molar-refractivity contribution in [2.24, 2.45) is 5.92 Å². The number of aryl methyl sites for hydroxylation is 1. The predicted octanol–water partition coefficient (Wildman–Crippen LogP) is 3.16. The van der Waals surface area contributed by atoms with Gasteiger partial charge < -0.3 is 9.88 Å². The lowest BCUT2D eigenvalue weighted by Gasteiger charge is -2.16. The van der Waals surface area contributed by atoms with Crippen molar-refractivity contribution in [1.29, 1.82) is 0 Å². The molecule has 2 aromatic heterocycles. The third-order valence-corrected chi connectivity index (χ3v) is 4.75. The van der Waals surface area contributed by atoms with Crippen molar-refractivity contribution in [2.45, 2.75) is 39.7 Å². The van der Waals surface area contributed by atoms with E-state index in [0.717, 1.165) is 42.2 Å². The number of thiazole rings is 1. The van der Waals surface area contributed by atoms with Crippen LogP contribution in [0.15, 0.2) is 16.2 Å². The van der Waals surface area contributed by atoms with Crippen LogP contribution in [0.1, 0.15) is 31.5 Å². The van der Waals surface area contributed by atoms with Gasteiger partial charge in [0, 0.05) is 24.7 Å². The predicted molar refractivity (Wildman–Crippen MR) is 88.2 cm³/mol. The highest BCUT2D eigenvalue weighted by atomic mass is 32.1. The molecule has 1 aliphatic carbocycles. The van der Waals surface area contributed by atoms with Gasteiger partial charge in [-0.3, -0.25) is 4.79 Å². The molecule has 0 aromatic carbocycles. The molecule has 1 N–H and O–H groups in total. The number of hydrogen-bond acceptors (Lipinski definition) is 4. The Morgan fingerprint density at radius 1 is 1.43 bits per heavy atom. The number of fused-ring (bicyclic) bond motifs is 1. The minimum absolute atomic E-state index is 0.109. The first-order valence-corrected chi connectivity index (χ1v) is 8.37. The molecule has 5 heteroatoms. The van der Waals surface area contributed by atoms with Crippen LogP contribution < -0.4 is 10.9 Å². The van der Waals surface area contributed by atoms with Crippen molar-refractivity contribution in [3.05, 3.63) is 33.1 Å². The van der Waals surface area contributed by atoms with Crippen LogP contribution in [0.2, 0.25) is 0 Å². The highest BCUT2D eigenvalue weighted by Gasteiger charge is 2.21. The fourth-order valence-electron chi connectivity index (χ4n) is 2.97. The molecule has 0 spiro atoms. The first-order chi connectivity index (χ1) is 10.1. The van der Waals surface area contributed by atoms with Crippen molar-refractivity contribution < 1.29 is 0 Å². The maximum absolute atomic E-state index is 12.9. The number of nitrogens with zero attached hydrogens (tertiary/aromatic N) is 2. The summed E-state index contributed by atoms with van der Waals surface area (Å²) in [7, 11) is 1.85. The lowest BCUT2D eigenvalue weighted by molar-refractivity contribution is 0.498. The Morgan fingerprint density at radius 2 is 2.24 bits per heavy atom. The van der Waals surface area contributed by atoms with Gasteiger partial charge in [0.1, 0.15) is 0 Å². The molecule has 1 aliphatic rings. The zero-order valence-electron chi connectivity index (χ0n) is 12.8. The molecule has 3 rings (SSSR count). The van der Waals surface area contributed by atoms with Crippen molar-refractivity contribution in [3.8, 4) is 11.3 Å². The van der Waals surface area contributed by atoms with Crippen molar-refractivity contribution in [1.82, 2.24) is 9.55 Å². The summed E-state index contributed by atoms with van der Waals surface area (Å²) in [5.41, 5.74) is 4.21. The Morgan fingerprint density at radius 3 is 2.90 bits per heavy atom. The number of aromatic nitrogens is 2. The standard InChI is InChI=1S/C16H21N3OS/c1-10(2)8-19-14-6-4-5-11(14)7-12(15(19)20)13-9-21-16(17-3)18-13/h7,9-10H,4-6,8H2,1-3H3,(H,17,18). The quantitative estimate of drug-likeness (QED) is 0.944. The molecule has 0 bridgehead atoms. The molecule has 4 nitrogen and oxygen atoms in total. The molecule has 0 atom stereocenters. The Balaban J connectivity index is 2.15. The summed E-state index contributed by atoms with van der Waals surface area (Å²) in [5, 5.41) is 5.84. The second kappa shape index (κ2) is 5.64. The maximum Gasteiger partial charge on any atom is 0.260 e. The van der Waals surface area contributed by atoms with Crippen LogP contribution in [0.4, 0.5) is 5.13 Å². The molecular weight excluding hydrogens is 282 g/mol. The summed E-state index contributed by atoms with van der Waals surface area (Å²) < 4.78 is 1.99. The van der Waals surface area contributed by atoms with Gasteiger partial charge in [0.2, 0.25) is 0 Å². The number of anilines is 1. The zero-order valence-corrected chi connectivity index (χ0v) is 13.6. The second-order valence-corrected chi connectivity index (χ2v) is 6.84. The van der Waals surface area contributed by atoms with E-state index in [0.29, 0.717) is 5.92 Å². The average molecular weight is 303 g/mol. The third kappa shape index (κ3) is 2.62. The van der Waals surface area contributed by atoms with Gasteiger partial charge in [-0.05, 0) is 36.8 Å². The number of pyridine rings is 1. The number of hydrogen-bond donors (Lipinski definition) is 1. The fourth-order valence-corrected chi connectivity index (χ4v) is 3.64. The van der Waals surface area contributed by atoms with Crippen LogP contribution in [0.5, 0.6) is 0 Å². The molecule has 0 unspecified atom stereocenters. The van der Waals surface area contributed by atoms with Gasteiger partial charge >= 0.3 is 0 Å². The molecule has 2 heterocycles. The summed E-state index contributed by atoms with van der Waals surface area (Å²) in [6.45, 7) is 5.10. The molecule has 0 amide bonds. The normalized spacial score (nSPS) is 13.7. The van der Waals surface area contributed by atoms with Crippen molar-refractivity contribution in [3.63, 3.8) is 0 Å². The summed E-state index contributed by atoms with van der Waals surface area (Å²) in [4.78, 5) is 17.4. The molecule has 112 valence electrons. The highest BCUT2D eigenvalue weighted by Crippen LogP contribution is 2.28. The molecule has 0 saturated carbocycles. The summed E-state index contributed by atoms with van der Waals surface area (Å²) >= 11 is 1.54. The van der Waals surface area contributed by atoms with E-state index in [1.165, 1.54) is 22.6 Å². The Hall–Kier alpha value is -1.62. The van der Waals surface area contributed by atoms with Crippen molar-refractivity contribution in [2.75, 3.05) is 12.4 Å². The van der Waals surface area contributed by atoms with E-state index in [1.54, 1.807) is 0 Å².